The van der Waals surface area contributed by atoms with Crippen LogP contribution in [0.15, 0.2) is 78.4 Å². The van der Waals surface area contributed by atoms with Gasteiger partial charge in [0.1, 0.15) is 17.3 Å². The second-order valence-corrected chi connectivity index (χ2v) is 9.11. The molecule has 0 radical (unpaired) electrons. The normalized spacial score (nSPS) is 17.0. The summed E-state index contributed by atoms with van der Waals surface area (Å²) >= 11 is 0. The van der Waals surface area contributed by atoms with Crippen LogP contribution in [0.3, 0.4) is 0 Å². The third-order valence-electron chi connectivity index (χ3n) is 6.58. The molecule has 36 heavy (non-hydrogen) atoms. The quantitative estimate of drug-likeness (QED) is 0.259. The number of methoxy groups -OCH3 is 2. The van der Waals surface area contributed by atoms with E-state index in [-0.39, 0.29) is 17.3 Å². The molecule has 3 aromatic rings. The largest absolute Gasteiger partial charge is 0.507 e. The number of amides is 1. The van der Waals surface area contributed by atoms with E-state index in [0.717, 1.165) is 22.4 Å². The third-order valence-corrected chi connectivity index (χ3v) is 6.58. The van der Waals surface area contributed by atoms with Gasteiger partial charge in [-0.3, -0.25) is 9.59 Å². The smallest absolute Gasteiger partial charge is 0.295 e. The minimum atomic E-state index is -0.686. The fourth-order valence-electron chi connectivity index (χ4n) is 4.62. The number of ether oxygens (including phenoxy) is 2. The minimum absolute atomic E-state index is 0.0980. The van der Waals surface area contributed by atoms with Gasteiger partial charge in [-0.25, -0.2) is 0 Å². The number of benzene rings is 3. The first-order chi connectivity index (χ1) is 17.3. The predicted octanol–water partition coefficient (Wildman–Crippen LogP) is 5.49. The molecular weight excluding hydrogens is 454 g/mol. The van der Waals surface area contributed by atoms with E-state index in [1.807, 2.05) is 74.5 Å². The molecule has 1 aliphatic rings. The van der Waals surface area contributed by atoms with Crippen LogP contribution in [-0.2, 0) is 16.0 Å². The van der Waals surface area contributed by atoms with Crippen molar-refractivity contribution in [1.82, 2.24) is 4.90 Å². The minimum Gasteiger partial charge on any atom is -0.507 e. The SMILES string of the molecule is COc1ccc(CCN2C(=O)C(=O)/C(=C(\O)c3ccc(OC)c(C(C)C)c3)C2c2ccccc2)cc1. The number of hydrogen-bond acceptors (Lipinski definition) is 5. The van der Waals surface area contributed by atoms with Crippen molar-refractivity contribution in [1.29, 1.82) is 0 Å². The van der Waals surface area contributed by atoms with Crippen LogP contribution in [0.5, 0.6) is 11.5 Å². The number of carbonyl (C=O) groups excluding carboxylic acids is 2. The zero-order valence-corrected chi connectivity index (χ0v) is 21.0. The first kappa shape index (κ1) is 25.0. The highest BCUT2D eigenvalue weighted by molar-refractivity contribution is 6.46. The molecule has 1 N–H and O–H groups in total. The molecule has 1 heterocycles. The molecule has 0 aromatic heterocycles. The molecule has 0 aliphatic carbocycles. The second kappa shape index (κ2) is 10.7. The monoisotopic (exact) mass is 485 g/mol. The predicted molar refractivity (Wildman–Crippen MR) is 139 cm³/mol. The van der Waals surface area contributed by atoms with Crippen molar-refractivity contribution in [2.45, 2.75) is 32.2 Å². The highest BCUT2D eigenvalue weighted by Gasteiger charge is 2.45. The Kier molecular flexibility index (Phi) is 7.44. The number of Topliss-reactive ketones (excluding diaryl/α,β-unsaturated/α-hetero) is 1. The van der Waals surface area contributed by atoms with Crippen molar-refractivity contribution in [2.75, 3.05) is 20.8 Å². The van der Waals surface area contributed by atoms with Crippen molar-refractivity contribution >= 4 is 17.4 Å². The van der Waals surface area contributed by atoms with Gasteiger partial charge >= 0.3 is 0 Å². The number of aliphatic hydroxyl groups is 1. The summed E-state index contributed by atoms with van der Waals surface area (Å²) in [7, 11) is 3.21. The van der Waals surface area contributed by atoms with E-state index in [1.54, 1.807) is 31.3 Å². The van der Waals surface area contributed by atoms with Gasteiger partial charge in [-0.1, -0.05) is 56.3 Å². The van der Waals surface area contributed by atoms with E-state index in [2.05, 4.69) is 0 Å². The van der Waals surface area contributed by atoms with Crippen molar-refractivity contribution in [3.05, 3.63) is 101 Å². The van der Waals surface area contributed by atoms with Gasteiger partial charge in [0.05, 0.1) is 25.8 Å². The average molecular weight is 486 g/mol. The van der Waals surface area contributed by atoms with Gasteiger partial charge < -0.3 is 19.5 Å². The van der Waals surface area contributed by atoms with Gasteiger partial charge in [-0.2, -0.15) is 0 Å². The zero-order chi connectivity index (χ0) is 25.8. The highest BCUT2D eigenvalue weighted by atomic mass is 16.5. The molecule has 1 aliphatic heterocycles. The van der Waals surface area contributed by atoms with E-state index in [1.165, 1.54) is 0 Å². The van der Waals surface area contributed by atoms with Crippen molar-refractivity contribution in [3.8, 4) is 11.5 Å². The Morgan fingerprint density at radius 1 is 0.944 bits per heavy atom. The number of aliphatic hydroxyl groups excluding tert-OH is 1. The molecule has 1 fully saturated rings. The Bertz CT molecular complexity index is 1280. The lowest BCUT2D eigenvalue weighted by Crippen LogP contribution is -2.31. The summed E-state index contributed by atoms with van der Waals surface area (Å²) in [5.74, 6) is 0.127. The van der Waals surface area contributed by atoms with Crippen molar-refractivity contribution < 1.29 is 24.2 Å². The summed E-state index contributed by atoms with van der Waals surface area (Å²) in [6, 6.07) is 21.6. The highest BCUT2D eigenvalue weighted by Crippen LogP contribution is 2.40. The summed E-state index contributed by atoms with van der Waals surface area (Å²) in [4.78, 5) is 28.1. The Hall–Kier alpha value is -4.06. The van der Waals surface area contributed by atoms with Crippen LogP contribution in [0.2, 0.25) is 0 Å². The van der Waals surface area contributed by atoms with Gasteiger partial charge in [0, 0.05) is 12.1 Å². The van der Waals surface area contributed by atoms with Crippen LogP contribution >= 0.6 is 0 Å². The summed E-state index contributed by atoms with van der Waals surface area (Å²) in [5.41, 5.74) is 3.27. The molecule has 1 saturated heterocycles. The number of rotatable bonds is 8. The standard InChI is InChI=1S/C30H31NO5/c1-19(2)24-18-22(12-15-25(24)36-4)28(32)26-27(21-8-6-5-7-9-21)31(30(34)29(26)33)17-16-20-10-13-23(35-3)14-11-20/h5-15,18-19,27,32H,16-17H2,1-4H3/b28-26-. The van der Waals surface area contributed by atoms with Crippen LogP contribution < -0.4 is 9.47 Å². The Balaban J connectivity index is 1.76. The van der Waals surface area contributed by atoms with Crippen molar-refractivity contribution in [3.63, 3.8) is 0 Å². The lowest BCUT2D eigenvalue weighted by atomic mass is 9.93. The Morgan fingerprint density at radius 2 is 1.64 bits per heavy atom. The number of hydrogen-bond donors (Lipinski definition) is 1. The maximum absolute atomic E-state index is 13.3. The van der Waals surface area contributed by atoms with E-state index in [9.17, 15) is 14.7 Å². The molecule has 6 nitrogen and oxygen atoms in total. The Labute approximate surface area is 211 Å². The van der Waals surface area contributed by atoms with Crippen LogP contribution in [0.25, 0.3) is 5.76 Å². The molecule has 4 rings (SSSR count). The van der Waals surface area contributed by atoms with Gasteiger partial charge in [0.25, 0.3) is 11.7 Å². The summed E-state index contributed by atoms with van der Waals surface area (Å²) < 4.78 is 10.7. The molecule has 0 bridgehead atoms. The molecule has 3 aromatic carbocycles. The number of carbonyl (C=O) groups is 2. The van der Waals surface area contributed by atoms with Gasteiger partial charge in [-0.05, 0) is 59.4 Å². The molecule has 6 heteroatoms. The van der Waals surface area contributed by atoms with Gasteiger partial charge in [0.15, 0.2) is 0 Å². The van der Waals surface area contributed by atoms with E-state index in [0.29, 0.717) is 24.3 Å². The van der Waals surface area contributed by atoms with Crippen molar-refractivity contribution in [2.24, 2.45) is 0 Å². The van der Waals surface area contributed by atoms with Gasteiger partial charge in [0.2, 0.25) is 0 Å². The first-order valence-electron chi connectivity index (χ1n) is 12.0. The fraction of sp³-hybridized carbons (Fsp3) is 0.267. The van der Waals surface area contributed by atoms with Crippen LogP contribution in [0, 0.1) is 0 Å². The maximum Gasteiger partial charge on any atom is 0.295 e. The average Bonchev–Trinajstić information content (AvgIpc) is 3.16. The van der Waals surface area contributed by atoms with Crippen LogP contribution in [-0.4, -0.2) is 42.5 Å². The van der Waals surface area contributed by atoms with Crippen LogP contribution in [0.1, 0.15) is 48.1 Å². The zero-order valence-electron chi connectivity index (χ0n) is 21.0. The van der Waals surface area contributed by atoms with Crippen LogP contribution in [0.4, 0.5) is 0 Å². The summed E-state index contributed by atoms with van der Waals surface area (Å²) in [6.07, 6.45) is 0.556. The number of likely N-dealkylation sites (tertiary alicyclic amines) is 1. The summed E-state index contributed by atoms with van der Waals surface area (Å²) in [5, 5.41) is 11.4. The lowest BCUT2D eigenvalue weighted by molar-refractivity contribution is -0.139. The molecule has 1 unspecified atom stereocenters. The first-order valence-corrected chi connectivity index (χ1v) is 12.0. The molecule has 186 valence electrons. The lowest BCUT2D eigenvalue weighted by Gasteiger charge is -2.25. The topological polar surface area (TPSA) is 76.1 Å². The summed E-state index contributed by atoms with van der Waals surface area (Å²) in [6.45, 7) is 4.39. The Morgan fingerprint density at radius 3 is 2.25 bits per heavy atom. The fourth-order valence-corrected chi connectivity index (χ4v) is 4.62. The number of ketones is 1. The maximum atomic E-state index is 13.3. The van der Waals surface area contributed by atoms with E-state index >= 15 is 0 Å². The van der Waals surface area contributed by atoms with E-state index < -0.39 is 17.7 Å². The molecular formula is C30H31NO5. The third kappa shape index (κ3) is 4.85. The number of nitrogens with zero attached hydrogens (tertiary/aromatic N) is 1. The molecule has 1 amide bonds. The van der Waals surface area contributed by atoms with Gasteiger partial charge in [-0.15, -0.1) is 0 Å². The molecule has 0 saturated carbocycles. The molecule has 1 atom stereocenters. The molecule has 0 spiro atoms. The second-order valence-electron chi connectivity index (χ2n) is 9.11. The van der Waals surface area contributed by atoms with E-state index in [4.69, 9.17) is 9.47 Å².